The van der Waals surface area contributed by atoms with E-state index in [4.69, 9.17) is 16.7 Å². The molecule has 0 radical (unpaired) electrons. The van der Waals surface area contributed by atoms with Crippen molar-refractivity contribution in [2.24, 2.45) is 0 Å². The second-order valence-corrected chi connectivity index (χ2v) is 3.86. The third-order valence-electron chi connectivity index (χ3n) is 2.13. The number of halogens is 1. The Kier molecular flexibility index (Phi) is 4.22. The predicted octanol–water partition coefficient (Wildman–Crippen LogP) is 1.45. The highest BCUT2D eigenvalue weighted by Gasteiger charge is 2.19. The number of carbonyl (C=O) groups excluding carboxylic acids is 1. The van der Waals surface area contributed by atoms with Gasteiger partial charge in [0.1, 0.15) is 6.04 Å². The van der Waals surface area contributed by atoms with E-state index in [1.807, 2.05) is 0 Å². The summed E-state index contributed by atoms with van der Waals surface area (Å²) in [5.74, 6) is -1.90. The lowest BCUT2D eigenvalue weighted by atomic mass is 10.2. The van der Waals surface area contributed by atoms with Crippen molar-refractivity contribution < 1.29 is 19.6 Å². The summed E-state index contributed by atoms with van der Waals surface area (Å²) in [4.78, 5) is 32.0. The quantitative estimate of drug-likeness (QED) is 0.637. The molecule has 0 fully saturated rings. The van der Waals surface area contributed by atoms with Crippen LogP contribution in [0.2, 0.25) is 5.02 Å². The van der Waals surface area contributed by atoms with E-state index in [9.17, 15) is 19.7 Å². The normalized spacial score (nSPS) is 11.7. The number of non-ortho nitro benzene ring substituents is 1. The summed E-state index contributed by atoms with van der Waals surface area (Å²) < 4.78 is 0. The van der Waals surface area contributed by atoms with Crippen molar-refractivity contribution in [1.29, 1.82) is 0 Å². The third kappa shape index (κ3) is 3.17. The molecule has 0 spiro atoms. The number of nitro benzene ring substituents is 1. The minimum absolute atomic E-state index is 0.0182. The Bertz CT molecular complexity index is 517. The highest BCUT2D eigenvalue weighted by Crippen LogP contribution is 2.22. The van der Waals surface area contributed by atoms with Gasteiger partial charge in [0, 0.05) is 12.1 Å². The molecule has 0 aliphatic rings. The Labute approximate surface area is 107 Å². The van der Waals surface area contributed by atoms with Gasteiger partial charge in [0.15, 0.2) is 0 Å². The molecule has 0 unspecified atom stereocenters. The highest BCUT2D eigenvalue weighted by molar-refractivity contribution is 6.34. The number of amides is 1. The molecule has 1 atom stereocenters. The smallest absolute Gasteiger partial charge is 0.325 e. The lowest BCUT2D eigenvalue weighted by Gasteiger charge is -2.09. The number of carboxylic acid groups (broad SMARTS) is 1. The van der Waals surface area contributed by atoms with Crippen LogP contribution in [0.15, 0.2) is 18.2 Å². The Morgan fingerprint density at radius 2 is 2.11 bits per heavy atom. The van der Waals surface area contributed by atoms with E-state index in [1.54, 1.807) is 0 Å². The van der Waals surface area contributed by atoms with Gasteiger partial charge in [-0.25, -0.2) is 0 Å². The fraction of sp³-hybridized carbons (Fsp3) is 0.200. The molecule has 0 saturated carbocycles. The lowest BCUT2D eigenvalue weighted by Crippen LogP contribution is -2.38. The Morgan fingerprint density at radius 1 is 1.50 bits per heavy atom. The molecule has 1 aromatic rings. The molecule has 0 heterocycles. The van der Waals surface area contributed by atoms with Crippen molar-refractivity contribution in [3.63, 3.8) is 0 Å². The van der Waals surface area contributed by atoms with Crippen LogP contribution in [0.25, 0.3) is 0 Å². The van der Waals surface area contributed by atoms with Crippen LogP contribution in [0, 0.1) is 10.1 Å². The van der Waals surface area contributed by atoms with Crippen molar-refractivity contribution in [1.82, 2.24) is 5.32 Å². The Balaban J connectivity index is 2.94. The molecule has 2 N–H and O–H groups in total. The van der Waals surface area contributed by atoms with Gasteiger partial charge in [-0.05, 0) is 13.0 Å². The molecule has 0 aliphatic carbocycles. The van der Waals surface area contributed by atoms with Crippen molar-refractivity contribution in [3.05, 3.63) is 38.9 Å². The number of benzene rings is 1. The number of hydrogen-bond donors (Lipinski definition) is 2. The van der Waals surface area contributed by atoms with E-state index in [0.717, 1.165) is 12.1 Å². The standard InChI is InChI=1S/C10H9ClN2O5/c1-5(10(15)16)12-9(14)7-3-2-6(13(17)18)4-8(7)11/h2-5H,1H3,(H,12,14)(H,15,16)/t5-/m0/s1. The third-order valence-corrected chi connectivity index (χ3v) is 2.44. The first-order valence-corrected chi connectivity index (χ1v) is 5.18. The molecule has 1 rings (SSSR count). The molecule has 7 nitrogen and oxygen atoms in total. The van der Waals surface area contributed by atoms with E-state index in [0.29, 0.717) is 0 Å². The first-order chi connectivity index (χ1) is 8.32. The predicted molar refractivity (Wildman–Crippen MR) is 62.7 cm³/mol. The minimum atomic E-state index is -1.19. The second-order valence-electron chi connectivity index (χ2n) is 3.45. The van der Waals surface area contributed by atoms with E-state index < -0.39 is 22.8 Å². The van der Waals surface area contributed by atoms with Crippen LogP contribution in [0.3, 0.4) is 0 Å². The van der Waals surface area contributed by atoms with Gasteiger partial charge >= 0.3 is 5.97 Å². The monoisotopic (exact) mass is 272 g/mol. The number of hydrogen-bond acceptors (Lipinski definition) is 4. The van der Waals surface area contributed by atoms with Crippen LogP contribution in [0.5, 0.6) is 0 Å². The molecule has 8 heteroatoms. The molecular formula is C10H9ClN2O5. The molecule has 0 aliphatic heterocycles. The van der Waals surface area contributed by atoms with Gasteiger partial charge in [-0.15, -0.1) is 0 Å². The van der Waals surface area contributed by atoms with Gasteiger partial charge in [-0.1, -0.05) is 11.6 Å². The molecule has 1 amide bonds. The molecule has 1 aromatic carbocycles. The summed E-state index contributed by atoms with van der Waals surface area (Å²) >= 11 is 5.72. The summed E-state index contributed by atoms with van der Waals surface area (Å²) in [5.41, 5.74) is -0.266. The van der Waals surface area contributed by atoms with Crippen molar-refractivity contribution in [2.75, 3.05) is 0 Å². The zero-order chi connectivity index (χ0) is 13.9. The first kappa shape index (κ1) is 13.9. The van der Waals surface area contributed by atoms with Gasteiger partial charge in [-0.2, -0.15) is 0 Å². The summed E-state index contributed by atoms with van der Waals surface area (Å²) in [6.07, 6.45) is 0. The Hall–Kier alpha value is -2.15. The van der Waals surface area contributed by atoms with Crippen LogP contribution < -0.4 is 5.32 Å². The van der Waals surface area contributed by atoms with E-state index in [2.05, 4.69) is 5.32 Å². The second kappa shape index (κ2) is 5.46. The zero-order valence-electron chi connectivity index (χ0n) is 9.21. The maximum atomic E-state index is 11.6. The van der Waals surface area contributed by atoms with E-state index >= 15 is 0 Å². The van der Waals surface area contributed by atoms with Gasteiger partial charge in [-0.3, -0.25) is 19.7 Å². The molecule has 18 heavy (non-hydrogen) atoms. The SMILES string of the molecule is C[C@H](NC(=O)c1ccc([N+](=O)[O-])cc1Cl)C(=O)O. The average Bonchev–Trinajstić information content (AvgIpc) is 2.28. The average molecular weight is 273 g/mol. The fourth-order valence-corrected chi connectivity index (χ4v) is 1.40. The number of nitrogens with zero attached hydrogens (tertiary/aromatic N) is 1. The maximum absolute atomic E-state index is 11.6. The molecule has 96 valence electrons. The number of rotatable bonds is 4. The molecule has 0 bridgehead atoms. The zero-order valence-corrected chi connectivity index (χ0v) is 9.97. The molecular weight excluding hydrogens is 264 g/mol. The molecule has 0 saturated heterocycles. The van der Waals surface area contributed by atoms with Crippen molar-refractivity contribution in [2.45, 2.75) is 13.0 Å². The summed E-state index contributed by atoms with van der Waals surface area (Å²) in [6, 6.07) is 2.24. The minimum Gasteiger partial charge on any atom is -0.480 e. The number of carbonyl (C=O) groups is 2. The number of nitrogens with one attached hydrogen (secondary N) is 1. The molecule has 0 aromatic heterocycles. The maximum Gasteiger partial charge on any atom is 0.325 e. The van der Waals surface area contributed by atoms with Gasteiger partial charge in [0.2, 0.25) is 0 Å². The largest absolute Gasteiger partial charge is 0.480 e. The summed E-state index contributed by atoms with van der Waals surface area (Å²) in [6.45, 7) is 1.29. The van der Waals surface area contributed by atoms with Gasteiger partial charge in [0.25, 0.3) is 11.6 Å². The first-order valence-electron chi connectivity index (χ1n) is 4.80. The van der Waals surface area contributed by atoms with Gasteiger partial charge < -0.3 is 10.4 Å². The van der Waals surface area contributed by atoms with Crippen molar-refractivity contribution >= 4 is 29.2 Å². The van der Waals surface area contributed by atoms with Gasteiger partial charge in [0.05, 0.1) is 15.5 Å². The summed E-state index contributed by atoms with van der Waals surface area (Å²) in [5, 5.41) is 21.2. The van der Waals surface area contributed by atoms with Crippen LogP contribution >= 0.6 is 11.6 Å². The summed E-state index contributed by atoms with van der Waals surface area (Å²) in [7, 11) is 0. The number of aliphatic carboxylic acids is 1. The Morgan fingerprint density at radius 3 is 2.56 bits per heavy atom. The topological polar surface area (TPSA) is 110 Å². The lowest BCUT2D eigenvalue weighted by molar-refractivity contribution is -0.384. The highest BCUT2D eigenvalue weighted by atomic mass is 35.5. The number of carboxylic acids is 1. The van der Waals surface area contributed by atoms with Crippen LogP contribution in [-0.4, -0.2) is 27.9 Å². The van der Waals surface area contributed by atoms with Crippen LogP contribution in [-0.2, 0) is 4.79 Å². The van der Waals surface area contributed by atoms with Crippen molar-refractivity contribution in [3.8, 4) is 0 Å². The van der Waals surface area contributed by atoms with E-state index in [-0.39, 0.29) is 16.3 Å². The van der Waals surface area contributed by atoms with Crippen LogP contribution in [0.4, 0.5) is 5.69 Å². The fourth-order valence-electron chi connectivity index (χ4n) is 1.14. The van der Waals surface area contributed by atoms with Crippen LogP contribution in [0.1, 0.15) is 17.3 Å². The number of nitro groups is 1. The van der Waals surface area contributed by atoms with E-state index in [1.165, 1.54) is 13.0 Å².